The molecule has 11 nitrogen and oxygen atoms in total. The van der Waals surface area contributed by atoms with Crippen LogP contribution in [0.15, 0.2) is 142 Å². The molecule has 0 saturated carbocycles. The number of hydrogen-bond acceptors (Lipinski definition) is 7. The van der Waals surface area contributed by atoms with E-state index in [0.717, 1.165) is 28.1 Å². The van der Waals surface area contributed by atoms with E-state index >= 15 is 0 Å². The van der Waals surface area contributed by atoms with Gasteiger partial charge in [0.2, 0.25) is 0 Å². The average molecular weight is 750 g/mol. The molecule has 0 radical (unpaired) electrons. The zero-order valence-corrected chi connectivity index (χ0v) is 30.2. The van der Waals surface area contributed by atoms with Gasteiger partial charge in [-0.25, -0.2) is 4.58 Å². The van der Waals surface area contributed by atoms with Gasteiger partial charge < -0.3 is 4.90 Å². The summed E-state index contributed by atoms with van der Waals surface area (Å²) in [6.07, 6.45) is 7.71. The van der Waals surface area contributed by atoms with Crippen molar-refractivity contribution in [1.82, 2.24) is 0 Å². The minimum absolute atomic E-state index is 0.152. The van der Waals surface area contributed by atoms with Crippen molar-refractivity contribution >= 4 is 47.3 Å². The maximum atomic E-state index is 12.0. The molecule has 0 saturated heterocycles. The van der Waals surface area contributed by atoms with Gasteiger partial charge in [-0.3, -0.25) is 13.7 Å². The molecule has 0 spiro atoms. The molecular weight excluding hydrogens is 713 g/mol. The summed E-state index contributed by atoms with van der Waals surface area (Å²) in [4.78, 5) is 1.40. The third-order valence-electron chi connectivity index (χ3n) is 8.43. The van der Waals surface area contributed by atoms with Crippen LogP contribution in [0.2, 0.25) is 0 Å². The van der Waals surface area contributed by atoms with E-state index in [4.69, 9.17) is 0 Å². The van der Waals surface area contributed by atoms with E-state index in [2.05, 4.69) is 0 Å². The first-order chi connectivity index (χ1) is 24.1. The maximum Gasteiger partial charge on any atom is 0.294 e. The monoisotopic (exact) mass is 749 g/mol. The number of hydrogen-bond donors (Lipinski definition) is 3. The summed E-state index contributed by atoms with van der Waals surface area (Å²) in [5, 5.41) is 0. The molecule has 3 N–H and O–H groups in total. The second-order valence-corrected chi connectivity index (χ2v) is 15.9. The Morgan fingerprint density at radius 2 is 1.24 bits per heavy atom. The number of rotatable bonds is 12. The first kappa shape index (κ1) is 37.6. The van der Waals surface area contributed by atoms with Crippen molar-refractivity contribution in [3.63, 3.8) is 0 Å². The van der Waals surface area contributed by atoms with E-state index in [-0.39, 0.29) is 21.2 Å². The normalized spacial score (nSPS) is 13.4. The van der Waals surface area contributed by atoms with Crippen molar-refractivity contribution in [1.29, 1.82) is 0 Å². The Labute approximate surface area is 298 Å². The fourth-order valence-corrected chi connectivity index (χ4v) is 7.60. The maximum absolute atomic E-state index is 12.0. The lowest BCUT2D eigenvalue weighted by molar-refractivity contribution is -0.539. The Morgan fingerprint density at radius 3 is 1.78 bits per heavy atom. The second kappa shape index (κ2) is 15.3. The minimum atomic E-state index is -4.41. The Kier molecular flexibility index (Phi) is 11.2. The molecule has 0 amide bonds. The Hall–Kier alpha value is -4.70. The van der Waals surface area contributed by atoms with Crippen molar-refractivity contribution in [2.24, 2.45) is 0 Å². The highest BCUT2D eigenvalue weighted by molar-refractivity contribution is 7.86. The van der Waals surface area contributed by atoms with Crippen LogP contribution >= 0.6 is 0 Å². The third kappa shape index (κ3) is 9.16. The lowest BCUT2D eigenvalue weighted by Gasteiger charge is -2.25. The molecular formula is C37H37N2O9S3+. The summed E-state index contributed by atoms with van der Waals surface area (Å²) < 4.78 is 102. The molecule has 1 aliphatic rings. The van der Waals surface area contributed by atoms with Gasteiger partial charge in [0.15, 0.2) is 12.3 Å². The predicted octanol–water partition coefficient (Wildman–Crippen LogP) is 6.05. The highest BCUT2D eigenvalue weighted by Gasteiger charge is 2.20. The van der Waals surface area contributed by atoms with Crippen LogP contribution in [0.4, 0.5) is 5.69 Å². The third-order valence-corrected chi connectivity index (χ3v) is 11.1. The molecule has 0 aromatic heterocycles. The molecule has 51 heavy (non-hydrogen) atoms. The van der Waals surface area contributed by atoms with Gasteiger partial charge in [0.1, 0.15) is 6.54 Å². The van der Waals surface area contributed by atoms with E-state index in [1.54, 1.807) is 42.5 Å². The van der Waals surface area contributed by atoms with Crippen LogP contribution in [0.25, 0.3) is 5.57 Å². The fraction of sp³-hybridized carbons (Fsp3) is 0.162. The van der Waals surface area contributed by atoms with Gasteiger partial charge in [-0.2, -0.15) is 25.3 Å². The molecule has 0 unspecified atom stereocenters. The van der Waals surface area contributed by atoms with Crippen molar-refractivity contribution < 1.29 is 43.5 Å². The van der Waals surface area contributed by atoms with Gasteiger partial charge in [0, 0.05) is 36.5 Å². The Bertz CT molecular complexity index is 2380. The summed E-state index contributed by atoms with van der Waals surface area (Å²) in [5.41, 5.74) is 5.89. The topological polar surface area (TPSA) is 169 Å². The van der Waals surface area contributed by atoms with Gasteiger partial charge >= 0.3 is 0 Å². The molecule has 4 aromatic rings. The van der Waals surface area contributed by atoms with E-state index < -0.39 is 30.4 Å². The fourth-order valence-electron chi connectivity index (χ4n) is 5.86. The van der Waals surface area contributed by atoms with E-state index in [1.807, 2.05) is 71.9 Å². The molecule has 0 atom stereocenters. The number of benzene rings is 4. The summed E-state index contributed by atoms with van der Waals surface area (Å²) in [6, 6.07) is 25.9. The zero-order valence-electron chi connectivity index (χ0n) is 27.8. The average Bonchev–Trinajstić information content (AvgIpc) is 3.10. The van der Waals surface area contributed by atoms with Crippen molar-refractivity contribution in [2.45, 2.75) is 41.6 Å². The van der Waals surface area contributed by atoms with E-state index in [1.165, 1.54) is 30.3 Å². The van der Waals surface area contributed by atoms with Crippen LogP contribution in [0.5, 0.6) is 0 Å². The highest BCUT2D eigenvalue weighted by atomic mass is 32.2. The van der Waals surface area contributed by atoms with Crippen LogP contribution in [-0.4, -0.2) is 62.3 Å². The molecule has 0 heterocycles. The largest absolute Gasteiger partial charge is 0.367 e. The van der Waals surface area contributed by atoms with Crippen molar-refractivity contribution in [3.8, 4) is 0 Å². The first-order valence-electron chi connectivity index (χ1n) is 15.9. The Balaban J connectivity index is 1.52. The highest BCUT2D eigenvalue weighted by Crippen LogP contribution is 2.32. The molecule has 5 rings (SSSR count). The van der Waals surface area contributed by atoms with Gasteiger partial charge in [-0.05, 0) is 96.3 Å². The second-order valence-electron chi connectivity index (χ2n) is 11.7. The van der Waals surface area contributed by atoms with Crippen molar-refractivity contribution in [3.05, 3.63) is 149 Å². The SMILES string of the molecule is CCN(Cc1ccccc1S(=O)(=O)O)c1ccc(C(=C2C=CC(=[N+](CC)Cc3cccc(S(=O)(=O)O)c3)C=C2)c2ccc(S(=O)(=O)O)cc2)cc1. The number of anilines is 1. The zero-order chi connectivity index (χ0) is 37.0. The summed E-state index contributed by atoms with van der Waals surface area (Å²) in [7, 11) is -13.2. The van der Waals surface area contributed by atoms with Gasteiger partial charge in [0.25, 0.3) is 30.4 Å². The van der Waals surface area contributed by atoms with Crippen LogP contribution in [0.1, 0.15) is 36.1 Å². The molecule has 14 heteroatoms. The van der Waals surface area contributed by atoms with E-state index in [9.17, 15) is 38.9 Å². The first-order valence-corrected chi connectivity index (χ1v) is 20.2. The Morgan fingerprint density at radius 1 is 0.647 bits per heavy atom. The van der Waals surface area contributed by atoms with Crippen LogP contribution in [-0.2, 0) is 43.4 Å². The van der Waals surface area contributed by atoms with Gasteiger partial charge in [-0.15, -0.1) is 0 Å². The standard InChI is InChI=1S/C37H36N2O9S3/c1-3-38(25-27-8-7-10-35(24-27)50(43,44)45)32-18-12-28(13-19-32)37(30-16-22-34(23-17-30)49(40,41)42)29-14-20-33(21-15-29)39(4-2)26-31-9-5-6-11-36(31)51(46,47)48/h5-24H,3-4,25-26H2,1-2H3,(H2-,40,41,42,43,44,45,46,47,48)/p+1. The van der Waals surface area contributed by atoms with Crippen molar-refractivity contribution in [2.75, 3.05) is 18.0 Å². The molecule has 0 bridgehead atoms. The van der Waals surface area contributed by atoms with Crippen LogP contribution in [0.3, 0.4) is 0 Å². The molecule has 4 aromatic carbocycles. The van der Waals surface area contributed by atoms with Crippen LogP contribution < -0.4 is 4.90 Å². The lowest BCUT2D eigenvalue weighted by atomic mass is 9.90. The molecule has 0 fully saturated rings. The van der Waals surface area contributed by atoms with E-state index in [0.29, 0.717) is 36.3 Å². The summed E-state index contributed by atoms with van der Waals surface area (Å²) in [5.74, 6) is 0. The molecule has 266 valence electrons. The minimum Gasteiger partial charge on any atom is -0.367 e. The smallest absolute Gasteiger partial charge is 0.294 e. The lowest BCUT2D eigenvalue weighted by Crippen LogP contribution is -2.23. The number of allylic oxidation sites excluding steroid dienone is 5. The summed E-state index contributed by atoms with van der Waals surface area (Å²) >= 11 is 0. The molecule has 1 aliphatic carbocycles. The van der Waals surface area contributed by atoms with Crippen LogP contribution in [0, 0.1) is 0 Å². The van der Waals surface area contributed by atoms with Gasteiger partial charge in [0.05, 0.1) is 14.7 Å². The summed E-state index contributed by atoms with van der Waals surface area (Å²) in [6.45, 7) is 5.67. The predicted molar refractivity (Wildman–Crippen MR) is 196 cm³/mol. The quantitative estimate of drug-likeness (QED) is 0.114. The molecule has 0 aliphatic heterocycles. The van der Waals surface area contributed by atoms with Gasteiger partial charge in [-0.1, -0.05) is 54.6 Å². The number of nitrogens with zero attached hydrogens (tertiary/aromatic N) is 2.